The molecule has 33 heavy (non-hydrogen) atoms. The molecular weight excluding hydrogens is 412 g/mol. The number of anilines is 1. The average Bonchev–Trinajstić information content (AvgIpc) is 3.11. The van der Waals surface area contributed by atoms with Gasteiger partial charge in [0.25, 0.3) is 5.91 Å². The predicted molar refractivity (Wildman–Crippen MR) is 133 cm³/mol. The SMILES string of the molecule is CCn1nc(C)c2c(-c3ccccc3)cc(OC(C)C(=O)Nc3c(C)cc(C)cc3C)nc21. The van der Waals surface area contributed by atoms with Gasteiger partial charge in [-0.2, -0.15) is 10.1 Å². The highest BCUT2D eigenvalue weighted by Crippen LogP contribution is 2.33. The number of hydrogen-bond acceptors (Lipinski definition) is 4. The number of nitrogens with one attached hydrogen (secondary N) is 1. The number of pyridine rings is 1. The van der Waals surface area contributed by atoms with Crippen LogP contribution in [0.5, 0.6) is 5.88 Å². The van der Waals surface area contributed by atoms with Crippen LogP contribution in [0.15, 0.2) is 48.5 Å². The molecule has 4 rings (SSSR count). The molecule has 2 aromatic carbocycles. The second-order valence-corrected chi connectivity index (χ2v) is 8.50. The summed E-state index contributed by atoms with van der Waals surface area (Å²) < 4.78 is 7.94. The van der Waals surface area contributed by atoms with Gasteiger partial charge in [0, 0.05) is 18.3 Å². The lowest BCUT2D eigenvalue weighted by Gasteiger charge is -2.18. The molecular formula is C27H30N4O2. The average molecular weight is 443 g/mol. The zero-order valence-electron chi connectivity index (χ0n) is 20.1. The Morgan fingerprint density at radius 2 is 1.73 bits per heavy atom. The van der Waals surface area contributed by atoms with E-state index < -0.39 is 6.10 Å². The summed E-state index contributed by atoms with van der Waals surface area (Å²) in [6, 6.07) is 16.1. The van der Waals surface area contributed by atoms with Crippen LogP contribution in [-0.2, 0) is 11.3 Å². The molecule has 0 radical (unpaired) electrons. The van der Waals surface area contributed by atoms with Crippen molar-refractivity contribution in [3.63, 3.8) is 0 Å². The Kier molecular flexibility index (Phi) is 6.18. The second kappa shape index (κ2) is 9.06. The first kappa shape index (κ1) is 22.5. The van der Waals surface area contributed by atoms with Gasteiger partial charge in [-0.05, 0) is 63.8 Å². The molecule has 0 fully saturated rings. The van der Waals surface area contributed by atoms with Crippen molar-refractivity contribution in [2.45, 2.75) is 54.2 Å². The summed E-state index contributed by atoms with van der Waals surface area (Å²) in [5.41, 5.74) is 7.77. The van der Waals surface area contributed by atoms with Crippen LogP contribution < -0.4 is 10.1 Å². The van der Waals surface area contributed by atoms with Crippen LogP contribution in [0.1, 0.15) is 36.2 Å². The van der Waals surface area contributed by atoms with Crippen LogP contribution >= 0.6 is 0 Å². The molecule has 0 spiro atoms. The molecule has 0 saturated heterocycles. The Balaban J connectivity index is 1.68. The van der Waals surface area contributed by atoms with Crippen molar-refractivity contribution < 1.29 is 9.53 Å². The zero-order valence-corrected chi connectivity index (χ0v) is 20.1. The third kappa shape index (κ3) is 4.46. The lowest BCUT2D eigenvalue weighted by Crippen LogP contribution is -2.31. The number of benzene rings is 2. The maximum atomic E-state index is 13.0. The fourth-order valence-corrected chi connectivity index (χ4v) is 4.29. The standard InChI is InChI=1S/C27H30N4O2/c1-7-31-26-24(19(5)30-31)22(21-11-9-8-10-12-21)15-23(28-26)33-20(6)27(32)29-25-17(3)13-16(2)14-18(25)4/h8-15,20H,7H2,1-6H3,(H,29,32). The number of nitrogens with zero attached hydrogens (tertiary/aromatic N) is 3. The monoisotopic (exact) mass is 442 g/mol. The molecule has 4 aromatic rings. The normalized spacial score (nSPS) is 12.1. The number of hydrogen-bond donors (Lipinski definition) is 1. The molecule has 0 aliphatic carbocycles. The van der Waals surface area contributed by atoms with Crippen molar-refractivity contribution in [1.82, 2.24) is 14.8 Å². The van der Waals surface area contributed by atoms with E-state index in [0.717, 1.165) is 44.7 Å². The summed E-state index contributed by atoms with van der Waals surface area (Å²) in [5.74, 6) is 0.185. The van der Waals surface area contributed by atoms with Gasteiger partial charge in [0.15, 0.2) is 11.8 Å². The minimum Gasteiger partial charge on any atom is -0.464 e. The minimum absolute atomic E-state index is 0.214. The molecule has 0 aliphatic rings. The van der Waals surface area contributed by atoms with E-state index in [-0.39, 0.29) is 5.91 Å². The molecule has 0 saturated carbocycles. The first-order valence-electron chi connectivity index (χ1n) is 11.3. The van der Waals surface area contributed by atoms with Crippen LogP contribution in [0, 0.1) is 27.7 Å². The van der Waals surface area contributed by atoms with Gasteiger partial charge in [0.2, 0.25) is 5.88 Å². The van der Waals surface area contributed by atoms with Gasteiger partial charge >= 0.3 is 0 Å². The van der Waals surface area contributed by atoms with E-state index >= 15 is 0 Å². The van der Waals surface area contributed by atoms with Crippen LogP contribution in [-0.4, -0.2) is 26.8 Å². The van der Waals surface area contributed by atoms with E-state index in [1.807, 2.05) is 63.6 Å². The number of rotatable bonds is 6. The van der Waals surface area contributed by atoms with Gasteiger partial charge in [-0.1, -0.05) is 48.0 Å². The van der Waals surface area contributed by atoms with E-state index in [4.69, 9.17) is 9.72 Å². The number of carbonyl (C=O) groups is 1. The van der Waals surface area contributed by atoms with Gasteiger partial charge < -0.3 is 10.1 Å². The lowest BCUT2D eigenvalue weighted by molar-refractivity contribution is -0.122. The van der Waals surface area contributed by atoms with E-state index in [2.05, 4.69) is 34.7 Å². The van der Waals surface area contributed by atoms with E-state index in [0.29, 0.717) is 12.4 Å². The number of aryl methyl sites for hydroxylation is 5. The fourth-order valence-electron chi connectivity index (χ4n) is 4.29. The quantitative estimate of drug-likeness (QED) is 0.412. The van der Waals surface area contributed by atoms with Crippen molar-refractivity contribution in [3.05, 3.63) is 70.9 Å². The molecule has 2 heterocycles. The molecule has 6 nitrogen and oxygen atoms in total. The molecule has 0 aliphatic heterocycles. The van der Waals surface area contributed by atoms with Crippen LogP contribution in [0.4, 0.5) is 5.69 Å². The number of ether oxygens (including phenoxy) is 1. The van der Waals surface area contributed by atoms with E-state index in [9.17, 15) is 4.79 Å². The Hall–Kier alpha value is -3.67. The van der Waals surface area contributed by atoms with Gasteiger partial charge in [-0.3, -0.25) is 4.79 Å². The lowest BCUT2D eigenvalue weighted by atomic mass is 10.0. The number of carbonyl (C=O) groups excluding carboxylic acids is 1. The topological polar surface area (TPSA) is 69.0 Å². The molecule has 0 bridgehead atoms. The Morgan fingerprint density at radius 1 is 1.06 bits per heavy atom. The number of aromatic nitrogens is 3. The highest BCUT2D eigenvalue weighted by Gasteiger charge is 2.21. The summed E-state index contributed by atoms with van der Waals surface area (Å²) >= 11 is 0. The highest BCUT2D eigenvalue weighted by molar-refractivity contribution is 5.97. The molecule has 1 N–H and O–H groups in total. The minimum atomic E-state index is -0.724. The third-order valence-corrected chi connectivity index (χ3v) is 5.83. The molecule has 1 amide bonds. The van der Waals surface area contributed by atoms with Crippen LogP contribution in [0.25, 0.3) is 22.2 Å². The van der Waals surface area contributed by atoms with Crippen LogP contribution in [0.3, 0.4) is 0 Å². The maximum absolute atomic E-state index is 13.0. The Morgan fingerprint density at radius 3 is 2.36 bits per heavy atom. The Labute approximate surface area is 194 Å². The maximum Gasteiger partial charge on any atom is 0.265 e. The third-order valence-electron chi connectivity index (χ3n) is 5.83. The molecule has 2 aromatic heterocycles. The van der Waals surface area contributed by atoms with Gasteiger partial charge in [-0.15, -0.1) is 0 Å². The zero-order chi connectivity index (χ0) is 23.7. The highest BCUT2D eigenvalue weighted by atomic mass is 16.5. The van der Waals surface area contributed by atoms with Crippen molar-refractivity contribution >= 4 is 22.6 Å². The molecule has 1 unspecified atom stereocenters. The first-order chi connectivity index (χ1) is 15.8. The van der Waals surface area contributed by atoms with Crippen molar-refractivity contribution in [2.24, 2.45) is 0 Å². The van der Waals surface area contributed by atoms with Crippen LogP contribution in [0.2, 0.25) is 0 Å². The van der Waals surface area contributed by atoms with Gasteiger partial charge in [0.1, 0.15) is 0 Å². The van der Waals surface area contributed by atoms with Gasteiger partial charge in [0.05, 0.1) is 11.1 Å². The van der Waals surface area contributed by atoms with Gasteiger partial charge in [-0.25, -0.2) is 4.68 Å². The van der Waals surface area contributed by atoms with E-state index in [1.54, 1.807) is 6.92 Å². The fraction of sp³-hybridized carbons (Fsp3) is 0.296. The first-order valence-corrected chi connectivity index (χ1v) is 11.3. The second-order valence-electron chi connectivity index (χ2n) is 8.50. The predicted octanol–water partition coefficient (Wildman–Crippen LogP) is 5.76. The molecule has 170 valence electrons. The summed E-state index contributed by atoms with van der Waals surface area (Å²) in [4.78, 5) is 17.7. The van der Waals surface area contributed by atoms with Crippen molar-refractivity contribution in [1.29, 1.82) is 0 Å². The summed E-state index contributed by atoms with van der Waals surface area (Å²) in [6.45, 7) is 12.5. The summed E-state index contributed by atoms with van der Waals surface area (Å²) in [5, 5.41) is 8.68. The van der Waals surface area contributed by atoms with Crippen molar-refractivity contribution in [2.75, 3.05) is 5.32 Å². The molecule has 6 heteroatoms. The van der Waals surface area contributed by atoms with E-state index in [1.165, 1.54) is 5.56 Å². The Bertz CT molecular complexity index is 1300. The van der Waals surface area contributed by atoms with Crippen molar-refractivity contribution in [3.8, 4) is 17.0 Å². The molecule has 1 atom stereocenters. The smallest absolute Gasteiger partial charge is 0.265 e. The largest absolute Gasteiger partial charge is 0.464 e. The number of amides is 1. The summed E-state index contributed by atoms with van der Waals surface area (Å²) in [7, 11) is 0. The number of fused-ring (bicyclic) bond motifs is 1. The summed E-state index contributed by atoms with van der Waals surface area (Å²) in [6.07, 6.45) is -0.724.